The van der Waals surface area contributed by atoms with Gasteiger partial charge in [-0.15, -0.1) is 0 Å². The largest absolute Gasteiger partial charge is 0.444 e. The third-order valence-corrected chi connectivity index (χ3v) is 4.75. The Morgan fingerprint density at radius 3 is 2.35 bits per heavy atom. The van der Waals surface area contributed by atoms with Gasteiger partial charge in [0.25, 0.3) is 0 Å². The maximum atomic E-state index is 12.7. The maximum Gasteiger partial charge on any atom is 0.410 e. The Morgan fingerprint density at radius 2 is 1.85 bits per heavy atom. The average Bonchev–Trinajstić information content (AvgIpc) is 2.55. The molecular formula is C19H30N4O3. The van der Waals surface area contributed by atoms with Gasteiger partial charge in [-0.1, -0.05) is 6.08 Å². The molecule has 2 unspecified atom stereocenters. The Hall–Kier alpha value is -2.18. The lowest BCUT2D eigenvalue weighted by Crippen LogP contribution is -2.64. The first kappa shape index (κ1) is 20.1. The van der Waals surface area contributed by atoms with E-state index in [4.69, 9.17) is 10.1 Å². The molecule has 0 spiro atoms. The van der Waals surface area contributed by atoms with Gasteiger partial charge in [-0.25, -0.2) is 9.79 Å². The molecular weight excluding hydrogens is 332 g/mol. The molecule has 0 aromatic rings. The third-order valence-electron chi connectivity index (χ3n) is 4.75. The summed E-state index contributed by atoms with van der Waals surface area (Å²) in [5.41, 5.74) is 0.0728. The van der Waals surface area contributed by atoms with E-state index in [1.165, 1.54) is 0 Å². The minimum atomic E-state index is -0.526. The second kappa shape index (κ2) is 8.01. The average molecular weight is 362 g/mol. The fourth-order valence-electron chi connectivity index (χ4n) is 3.54. The number of piperidine rings is 1. The van der Waals surface area contributed by atoms with Crippen LogP contribution in [0.1, 0.15) is 53.4 Å². The van der Waals surface area contributed by atoms with E-state index in [0.29, 0.717) is 25.1 Å². The van der Waals surface area contributed by atoms with Crippen LogP contribution in [-0.2, 0) is 9.53 Å². The predicted octanol–water partition coefficient (Wildman–Crippen LogP) is 3.00. The molecule has 1 N–H and O–H groups in total. The molecule has 0 aromatic heterocycles. The molecule has 2 saturated heterocycles. The van der Waals surface area contributed by atoms with Crippen molar-refractivity contribution < 1.29 is 14.3 Å². The molecule has 144 valence electrons. The summed E-state index contributed by atoms with van der Waals surface area (Å²) in [5.74, 6) is 0.103. The Balaban J connectivity index is 2.07. The fourth-order valence-corrected chi connectivity index (χ4v) is 3.54. The first-order valence-electron chi connectivity index (χ1n) is 9.14. The van der Waals surface area contributed by atoms with Crippen LogP contribution in [0, 0.1) is 5.41 Å². The van der Waals surface area contributed by atoms with Crippen LogP contribution in [0.25, 0.3) is 0 Å². The number of carbonyl (C=O) groups excluding carboxylic acids is 2. The third kappa shape index (κ3) is 4.93. The van der Waals surface area contributed by atoms with Gasteiger partial charge < -0.3 is 9.64 Å². The normalized spacial score (nSPS) is 23.5. The van der Waals surface area contributed by atoms with E-state index >= 15 is 0 Å². The Kier molecular flexibility index (Phi) is 6.21. The van der Waals surface area contributed by atoms with Crippen molar-refractivity contribution in [2.45, 2.75) is 71.1 Å². The number of likely N-dealkylation sites (tertiary alicyclic amines) is 1. The highest BCUT2D eigenvalue weighted by molar-refractivity contribution is 5.94. The second-order valence-corrected chi connectivity index (χ2v) is 8.03. The summed E-state index contributed by atoms with van der Waals surface area (Å²) in [6, 6.07) is 0.00415. The van der Waals surface area contributed by atoms with E-state index in [-0.39, 0.29) is 29.9 Å². The number of rotatable bonds is 3. The van der Waals surface area contributed by atoms with Crippen molar-refractivity contribution in [3.8, 4) is 0 Å². The van der Waals surface area contributed by atoms with Gasteiger partial charge in [-0.2, -0.15) is 0 Å². The van der Waals surface area contributed by atoms with Crippen LogP contribution in [0.2, 0.25) is 0 Å². The van der Waals surface area contributed by atoms with Crippen molar-refractivity contribution in [3.63, 3.8) is 0 Å². The van der Waals surface area contributed by atoms with Crippen molar-refractivity contribution in [1.29, 1.82) is 5.41 Å². The fraction of sp³-hybridized carbons (Fsp3) is 0.684. The zero-order valence-electron chi connectivity index (χ0n) is 16.2. The molecule has 2 aliphatic rings. The summed E-state index contributed by atoms with van der Waals surface area (Å²) >= 11 is 0. The van der Waals surface area contributed by atoms with Crippen LogP contribution < -0.4 is 0 Å². The molecule has 2 fully saturated rings. The van der Waals surface area contributed by atoms with Crippen LogP contribution >= 0.6 is 0 Å². The lowest BCUT2D eigenvalue weighted by atomic mass is 9.91. The van der Waals surface area contributed by atoms with Gasteiger partial charge in [0, 0.05) is 25.1 Å². The summed E-state index contributed by atoms with van der Waals surface area (Å²) in [7, 11) is 0. The molecule has 2 rings (SSSR count). The first-order valence-corrected chi connectivity index (χ1v) is 9.14. The number of nitrogens with zero attached hydrogens (tertiary/aromatic N) is 3. The number of hydrogen-bond acceptors (Lipinski definition) is 4. The topological polar surface area (TPSA) is 86.1 Å². The van der Waals surface area contributed by atoms with Gasteiger partial charge in [0.15, 0.2) is 0 Å². The van der Waals surface area contributed by atoms with Crippen molar-refractivity contribution in [1.82, 2.24) is 9.80 Å². The molecule has 0 saturated carbocycles. The number of nitrogens with one attached hydrogen (secondary N) is 1. The SMILES string of the molecule is C=NC(=N)C/C=C(\C)C(=O)N1CC2CCCC(C1)N2C(=O)OC(C)(C)C. The van der Waals surface area contributed by atoms with Gasteiger partial charge in [0.1, 0.15) is 11.4 Å². The van der Waals surface area contributed by atoms with E-state index in [2.05, 4.69) is 11.7 Å². The molecule has 7 nitrogen and oxygen atoms in total. The molecule has 2 bridgehead atoms. The number of aliphatic imine (C=N–C) groups is 1. The highest BCUT2D eigenvalue weighted by atomic mass is 16.6. The Bertz CT molecular complexity index is 607. The smallest absolute Gasteiger partial charge is 0.410 e. The van der Waals surface area contributed by atoms with Crippen LogP contribution in [0.4, 0.5) is 4.79 Å². The maximum absolute atomic E-state index is 12.7. The van der Waals surface area contributed by atoms with Crippen molar-refractivity contribution in [2.24, 2.45) is 4.99 Å². The minimum Gasteiger partial charge on any atom is -0.444 e. The Morgan fingerprint density at radius 1 is 1.27 bits per heavy atom. The summed E-state index contributed by atoms with van der Waals surface area (Å²) in [5, 5.41) is 7.51. The summed E-state index contributed by atoms with van der Waals surface area (Å²) < 4.78 is 5.57. The van der Waals surface area contributed by atoms with Crippen LogP contribution in [0.5, 0.6) is 0 Å². The van der Waals surface area contributed by atoms with Gasteiger partial charge in [-0.3, -0.25) is 15.1 Å². The zero-order valence-corrected chi connectivity index (χ0v) is 16.2. The van der Waals surface area contributed by atoms with Crippen molar-refractivity contribution in [2.75, 3.05) is 13.1 Å². The standard InChI is InChI=1S/C19H30N4O3/c1-13(9-10-16(20)21-5)17(24)22-11-14-7-6-8-15(12-22)23(14)18(25)26-19(2,3)4/h9,14-15,20H,5-8,10-12H2,1-4H3/b13-9+,20-16?. The van der Waals surface area contributed by atoms with Gasteiger partial charge in [0.05, 0.1) is 12.1 Å². The van der Waals surface area contributed by atoms with Crippen LogP contribution in [0.15, 0.2) is 16.6 Å². The number of ether oxygens (including phenoxy) is 1. The monoisotopic (exact) mass is 362 g/mol. The minimum absolute atomic E-state index is 0.00207. The van der Waals surface area contributed by atoms with E-state index in [0.717, 1.165) is 19.3 Å². The van der Waals surface area contributed by atoms with Gasteiger partial charge in [0.2, 0.25) is 5.91 Å². The quantitative estimate of drug-likeness (QED) is 0.476. The van der Waals surface area contributed by atoms with E-state index in [9.17, 15) is 9.59 Å². The van der Waals surface area contributed by atoms with E-state index < -0.39 is 5.60 Å². The molecule has 7 heteroatoms. The lowest BCUT2D eigenvalue weighted by molar-refractivity contribution is -0.133. The molecule has 2 heterocycles. The number of amides is 2. The molecule has 2 amide bonds. The zero-order chi connectivity index (χ0) is 19.5. The second-order valence-electron chi connectivity index (χ2n) is 8.03. The van der Waals surface area contributed by atoms with Gasteiger partial charge >= 0.3 is 6.09 Å². The number of carbonyl (C=O) groups is 2. The van der Waals surface area contributed by atoms with Crippen molar-refractivity contribution >= 4 is 24.6 Å². The number of hydrogen-bond donors (Lipinski definition) is 1. The van der Waals surface area contributed by atoms with E-state index in [1.807, 2.05) is 30.6 Å². The predicted molar refractivity (Wildman–Crippen MR) is 102 cm³/mol. The van der Waals surface area contributed by atoms with Crippen molar-refractivity contribution in [3.05, 3.63) is 11.6 Å². The number of piperazine rings is 1. The lowest BCUT2D eigenvalue weighted by Gasteiger charge is -2.49. The molecule has 0 aliphatic carbocycles. The molecule has 2 atom stereocenters. The Labute approximate surface area is 155 Å². The van der Waals surface area contributed by atoms with Gasteiger partial charge in [-0.05, 0) is 53.7 Å². The van der Waals surface area contributed by atoms with E-state index in [1.54, 1.807) is 13.0 Å². The number of amidine groups is 1. The van der Waals surface area contributed by atoms with Crippen LogP contribution in [0.3, 0.4) is 0 Å². The van der Waals surface area contributed by atoms with Crippen LogP contribution in [-0.4, -0.2) is 65.1 Å². The molecule has 26 heavy (non-hydrogen) atoms. The molecule has 2 aliphatic heterocycles. The molecule has 0 radical (unpaired) electrons. The highest BCUT2D eigenvalue weighted by Gasteiger charge is 2.43. The molecule has 0 aromatic carbocycles. The first-order chi connectivity index (χ1) is 12.1. The highest BCUT2D eigenvalue weighted by Crippen LogP contribution is 2.31. The summed E-state index contributed by atoms with van der Waals surface area (Å²) in [6.07, 6.45) is 4.56. The summed E-state index contributed by atoms with van der Waals surface area (Å²) in [6.45, 7) is 11.7. The summed E-state index contributed by atoms with van der Waals surface area (Å²) in [4.78, 5) is 32.5. The number of fused-ring (bicyclic) bond motifs is 2.